The Morgan fingerprint density at radius 3 is 2.84 bits per heavy atom. The Morgan fingerprint density at radius 2 is 2.21 bits per heavy atom. The van der Waals surface area contributed by atoms with Crippen molar-refractivity contribution >= 4 is 5.91 Å². The fourth-order valence-electron chi connectivity index (χ4n) is 1.96. The van der Waals surface area contributed by atoms with Crippen LogP contribution in [0, 0.1) is 0 Å². The quantitative estimate of drug-likeness (QED) is 0.801. The molecule has 5 nitrogen and oxygen atoms in total. The van der Waals surface area contributed by atoms with Crippen molar-refractivity contribution in [2.24, 2.45) is 5.73 Å². The van der Waals surface area contributed by atoms with Crippen LogP contribution in [0.25, 0.3) is 0 Å². The highest BCUT2D eigenvalue weighted by molar-refractivity contribution is 5.94. The van der Waals surface area contributed by atoms with Crippen LogP contribution in [0.3, 0.4) is 0 Å². The smallest absolute Gasteiger partial charge is 0.251 e. The standard InChI is InChI=1S/C14H20N2O3/c15-7-8-16-14(17)11-3-5-12(6-4-11)19-10-13-2-1-9-18-13/h3-6,13H,1-2,7-10,15H2,(H,16,17). The number of hydrogen-bond acceptors (Lipinski definition) is 4. The molecule has 19 heavy (non-hydrogen) atoms. The lowest BCUT2D eigenvalue weighted by Gasteiger charge is -2.11. The maximum Gasteiger partial charge on any atom is 0.251 e. The third-order valence-corrected chi connectivity index (χ3v) is 3.01. The number of benzene rings is 1. The molecule has 5 heteroatoms. The van der Waals surface area contributed by atoms with Crippen molar-refractivity contribution in [3.8, 4) is 5.75 Å². The molecule has 0 radical (unpaired) electrons. The number of carbonyl (C=O) groups is 1. The average molecular weight is 264 g/mol. The Balaban J connectivity index is 1.81. The third kappa shape index (κ3) is 4.22. The number of nitrogens with two attached hydrogens (primary N) is 1. The van der Waals surface area contributed by atoms with Gasteiger partial charge >= 0.3 is 0 Å². The van der Waals surface area contributed by atoms with Crippen LogP contribution in [0.2, 0.25) is 0 Å². The zero-order valence-electron chi connectivity index (χ0n) is 10.9. The highest BCUT2D eigenvalue weighted by atomic mass is 16.5. The molecule has 1 atom stereocenters. The monoisotopic (exact) mass is 264 g/mol. The van der Waals surface area contributed by atoms with Crippen LogP contribution in [0.5, 0.6) is 5.75 Å². The number of ether oxygens (including phenoxy) is 2. The molecule has 3 N–H and O–H groups in total. The minimum Gasteiger partial charge on any atom is -0.491 e. The molecule has 1 amide bonds. The van der Waals surface area contributed by atoms with E-state index in [1.165, 1.54) is 0 Å². The summed E-state index contributed by atoms with van der Waals surface area (Å²) in [4.78, 5) is 11.7. The van der Waals surface area contributed by atoms with Crippen LogP contribution in [-0.2, 0) is 4.74 Å². The van der Waals surface area contributed by atoms with Crippen molar-refractivity contribution in [1.29, 1.82) is 0 Å². The van der Waals surface area contributed by atoms with Gasteiger partial charge in [0.2, 0.25) is 0 Å². The second kappa shape index (κ2) is 7.11. The zero-order valence-corrected chi connectivity index (χ0v) is 10.9. The van der Waals surface area contributed by atoms with Crippen molar-refractivity contribution in [2.75, 3.05) is 26.3 Å². The molecule has 104 valence electrons. The van der Waals surface area contributed by atoms with E-state index in [0.29, 0.717) is 25.3 Å². The normalized spacial score (nSPS) is 18.3. The van der Waals surface area contributed by atoms with Crippen molar-refractivity contribution in [3.05, 3.63) is 29.8 Å². The summed E-state index contributed by atoms with van der Waals surface area (Å²) in [7, 11) is 0. The molecule has 1 aromatic rings. The number of amides is 1. The molecule has 0 saturated carbocycles. The van der Waals surface area contributed by atoms with Crippen LogP contribution < -0.4 is 15.8 Å². The predicted molar refractivity (Wildman–Crippen MR) is 72.3 cm³/mol. The molecular formula is C14H20N2O3. The van der Waals surface area contributed by atoms with Crippen molar-refractivity contribution in [3.63, 3.8) is 0 Å². The van der Waals surface area contributed by atoms with E-state index in [0.717, 1.165) is 25.2 Å². The molecule has 1 heterocycles. The molecule has 0 aromatic heterocycles. The topological polar surface area (TPSA) is 73.6 Å². The van der Waals surface area contributed by atoms with Gasteiger partial charge in [-0.15, -0.1) is 0 Å². The number of hydrogen-bond donors (Lipinski definition) is 2. The lowest BCUT2D eigenvalue weighted by molar-refractivity contribution is 0.0679. The second-order valence-electron chi connectivity index (χ2n) is 4.51. The minimum atomic E-state index is -0.115. The van der Waals surface area contributed by atoms with Gasteiger partial charge in [-0.2, -0.15) is 0 Å². The van der Waals surface area contributed by atoms with Gasteiger partial charge in [0.1, 0.15) is 12.4 Å². The maximum atomic E-state index is 11.7. The van der Waals surface area contributed by atoms with E-state index in [2.05, 4.69) is 5.32 Å². The molecule has 1 aliphatic rings. The fraction of sp³-hybridized carbons (Fsp3) is 0.500. The summed E-state index contributed by atoms with van der Waals surface area (Å²) in [5.74, 6) is 0.641. The number of rotatable bonds is 6. The molecule has 1 saturated heterocycles. The third-order valence-electron chi connectivity index (χ3n) is 3.01. The van der Waals surface area contributed by atoms with Gasteiger partial charge in [-0.3, -0.25) is 4.79 Å². The first-order chi connectivity index (χ1) is 9.29. The highest BCUT2D eigenvalue weighted by Gasteiger charge is 2.16. The van der Waals surface area contributed by atoms with Crippen molar-refractivity contribution < 1.29 is 14.3 Å². The van der Waals surface area contributed by atoms with E-state index < -0.39 is 0 Å². The maximum absolute atomic E-state index is 11.7. The van der Waals surface area contributed by atoms with E-state index in [4.69, 9.17) is 15.2 Å². The first kappa shape index (κ1) is 13.8. The molecular weight excluding hydrogens is 244 g/mol. The summed E-state index contributed by atoms with van der Waals surface area (Å²) in [5, 5.41) is 2.72. The molecule has 0 spiro atoms. The summed E-state index contributed by atoms with van der Waals surface area (Å²) in [5.41, 5.74) is 5.94. The van der Waals surface area contributed by atoms with E-state index in [-0.39, 0.29) is 12.0 Å². The Kier molecular flexibility index (Phi) is 5.18. The van der Waals surface area contributed by atoms with Crippen molar-refractivity contribution in [1.82, 2.24) is 5.32 Å². The molecule has 0 bridgehead atoms. The summed E-state index contributed by atoms with van der Waals surface area (Å²) in [6.45, 7) is 2.32. The Morgan fingerprint density at radius 1 is 1.42 bits per heavy atom. The lowest BCUT2D eigenvalue weighted by atomic mass is 10.2. The Bertz CT molecular complexity index is 400. The summed E-state index contributed by atoms with van der Waals surface area (Å²) < 4.78 is 11.1. The predicted octanol–water partition coefficient (Wildman–Crippen LogP) is 0.933. The molecule has 1 aliphatic heterocycles. The Labute approximate surface area is 113 Å². The van der Waals surface area contributed by atoms with Crippen LogP contribution in [0.1, 0.15) is 23.2 Å². The molecule has 1 fully saturated rings. The van der Waals surface area contributed by atoms with Crippen LogP contribution in [0.15, 0.2) is 24.3 Å². The van der Waals surface area contributed by atoms with Gasteiger partial charge in [0.15, 0.2) is 0 Å². The largest absolute Gasteiger partial charge is 0.491 e. The highest BCUT2D eigenvalue weighted by Crippen LogP contribution is 2.16. The molecule has 2 rings (SSSR count). The van der Waals surface area contributed by atoms with E-state index in [9.17, 15) is 4.79 Å². The van der Waals surface area contributed by atoms with Crippen LogP contribution in [0.4, 0.5) is 0 Å². The average Bonchev–Trinajstić information content (AvgIpc) is 2.96. The van der Waals surface area contributed by atoms with Crippen LogP contribution >= 0.6 is 0 Å². The van der Waals surface area contributed by atoms with Crippen molar-refractivity contribution in [2.45, 2.75) is 18.9 Å². The summed E-state index contributed by atoms with van der Waals surface area (Å²) >= 11 is 0. The fourth-order valence-corrected chi connectivity index (χ4v) is 1.96. The molecule has 1 unspecified atom stereocenters. The first-order valence-corrected chi connectivity index (χ1v) is 6.62. The lowest BCUT2D eigenvalue weighted by Crippen LogP contribution is -2.28. The van der Waals surface area contributed by atoms with E-state index in [1.54, 1.807) is 24.3 Å². The van der Waals surface area contributed by atoms with Gasteiger partial charge in [-0.05, 0) is 37.1 Å². The van der Waals surface area contributed by atoms with Gasteiger partial charge in [-0.1, -0.05) is 0 Å². The van der Waals surface area contributed by atoms with Gasteiger partial charge in [0, 0.05) is 25.3 Å². The van der Waals surface area contributed by atoms with Gasteiger partial charge in [-0.25, -0.2) is 0 Å². The Hall–Kier alpha value is -1.59. The van der Waals surface area contributed by atoms with Gasteiger partial charge < -0.3 is 20.5 Å². The van der Waals surface area contributed by atoms with E-state index in [1.807, 2.05) is 0 Å². The molecule has 0 aliphatic carbocycles. The molecule has 1 aromatic carbocycles. The van der Waals surface area contributed by atoms with Gasteiger partial charge in [0.25, 0.3) is 5.91 Å². The minimum absolute atomic E-state index is 0.115. The van der Waals surface area contributed by atoms with E-state index >= 15 is 0 Å². The zero-order chi connectivity index (χ0) is 13.5. The number of nitrogens with one attached hydrogen (secondary N) is 1. The summed E-state index contributed by atoms with van der Waals surface area (Å²) in [6.07, 6.45) is 2.36. The van der Waals surface area contributed by atoms with Gasteiger partial charge in [0.05, 0.1) is 6.10 Å². The summed E-state index contributed by atoms with van der Waals surface area (Å²) in [6, 6.07) is 7.09. The van der Waals surface area contributed by atoms with Crippen LogP contribution in [-0.4, -0.2) is 38.3 Å². The first-order valence-electron chi connectivity index (χ1n) is 6.62. The number of carbonyl (C=O) groups excluding carboxylic acids is 1. The second-order valence-corrected chi connectivity index (χ2v) is 4.51. The SMILES string of the molecule is NCCNC(=O)c1ccc(OCC2CCCO2)cc1.